The Hall–Kier alpha value is -2.22. The summed E-state index contributed by atoms with van der Waals surface area (Å²) in [6.07, 6.45) is 4.65. The maximum absolute atomic E-state index is 13.3. The summed E-state index contributed by atoms with van der Waals surface area (Å²) in [5.74, 6) is -0.129. The zero-order chi connectivity index (χ0) is 23.1. The summed E-state index contributed by atoms with van der Waals surface area (Å²) in [5, 5.41) is 0. The van der Waals surface area contributed by atoms with E-state index >= 15 is 0 Å². The molecular weight excluding hydrogens is 434 g/mol. The van der Waals surface area contributed by atoms with Gasteiger partial charge >= 0.3 is 0 Å². The van der Waals surface area contributed by atoms with Crippen molar-refractivity contribution < 1.29 is 13.2 Å². The highest BCUT2D eigenvalue weighted by Gasteiger charge is 2.35. The van der Waals surface area contributed by atoms with E-state index in [4.69, 9.17) is 0 Å². The van der Waals surface area contributed by atoms with E-state index in [1.807, 2.05) is 17.0 Å². The van der Waals surface area contributed by atoms with E-state index in [-0.39, 0.29) is 18.4 Å². The Kier molecular flexibility index (Phi) is 8.17. The van der Waals surface area contributed by atoms with Crippen molar-refractivity contribution in [1.82, 2.24) is 14.1 Å². The number of carbonyl (C=O) groups is 1. The largest absolute Gasteiger partial charge is 0.341 e. The van der Waals surface area contributed by atoms with Crippen LogP contribution in [-0.2, 0) is 21.2 Å². The lowest BCUT2D eigenvalue weighted by Gasteiger charge is -2.34. The van der Waals surface area contributed by atoms with Gasteiger partial charge in [-0.2, -0.15) is 4.31 Å². The van der Waals surface area contributed by atoms with Crippen molar-refractivity contribution in [2.75, 3.05) is 45.8 Å². The van der Waals surface area contributed by atoms with Gasteiger partial charge in [-0.05, 0) is 62.9 Å². The predicted octanol–water partition coefficient (Wildman–Crippen LogP) is 3.25. The molecule has 0 radical (unpaired) electrons. The number of benzene rings is 2. The molecule has 2 heterocycles. The van der Waals surface area contributed by atoms with Crippen LogP contribution in [0.4, 0.5) is 0 Å². The summed E-state index contributed by atoms with van der Waals surface area (Å²) in [7, 11) is -3.55. The van der Waals surface area contributed by atoms with E-state index in [1.54, 1.807) is 24.3 Å². The topological polar surface area (TPSA) is 60.9 Å². The first-order valence-electron chi connectivity index (χ1n) is 12.1. The quantitative estimate of drug-likeness (QED) is 0.625. The average Bonchev–Trinajstić information content (AvgIpc) is 3.11. The summed E-state index contributed by atoms with van der Waals surface area (Å²) < 4.78 is 27.6. The fourth-order valence-corrected chi connectivity index (χ4v) is 6.47. The average molecular weight is 470 g/mol. The highest BCUT2D eigenvalue weighted by Crippen LogP contribution is 2.25. The van der Waals surface area contributed by atoms with Gasteiger partial charge in [0.1, 0.15) is 0 Å². The van der Waals surface area contributed by atoms with Crippen molar-refractivity contribution in [3.8, 4) is 0 Å². The summed E-state index contributed by atoms with van der Waals surface area (Å²) in [4.78, 5) is 18.0. The second-order valence-corrected chi connectivity index (χ2v) is 11.1. The molecule has 2 aliphatic rings. The Morgan fingerprint density at radius 2 is 1.58 bits per heavy atom. The Morgan fingerprint density at radius 1 is 0.848 bits per heavy atom. The van der Waals surface area contributed by atoms with E-state index in [2.05, 4.69) is 29.2 Å². The van der Waals surface area contributed by atoms with Crippen LogP contribution in [0.5, 0.6) is 0 Å². The Morgan fingerprint density at radius 3 is 2.33 bits per heavy atom. The standard InChI is InChI=1S/C26H35N3O3S/c30-26(24-13-8-19-29(22-24)33(31,32)25-14-5-2-6-15-25)28-18-9-17-27(20-21-28)16-7-12-23-10-3-1-4-11-23/h1-6,10-11,14-15,24H,7-9,12-13,16-22H2. The van der Waals surface area contributed by atoms with E-state index in [0.717, 1.165) is 64.8 Å². The monoisotopic (exact) mass is 469 g/mol. The molecule has 2 saturated heterocycles. The Balaban J connectivity index is 1.29. The third-order valence-electron chi connectivity index (χ3n) is 6.80. The van der Waals surface area contributed by atoms with Gasteiger partial charge in [0, 0.05) is 32.7 Å². The molecule has 0 saturated carbocycles. The second-order valence-electron chi connectivity index (χ2n) is 9.12. The molecule has 1 unspecified atom stereocenters. The van der Waals surface area contributed by atoms with Gasteiger partial charge in [-0.3, -0.25) is 4.79 Å². The summed E-state index contributed by atoms with van der Waals surface area (Å²) in [6.45, 7) is 5.20. The molecule has 2 fully saturated rings. The van der Waals surface area contributed by atoms with Crippen molar-refractivity contribution in [2.24, 2.45) is 5.92 Å². The molecule has 0 aliphatic carbocycles. The van der Waals surface area contributed by atoms with Crippen LogP contribution in [0.25, 0.3) is 0 Å². The number of hydrogen-bond acceptors (Lipinski definition) is 4. The van der Waals surface area contributed by atoms with Crippen LogP contribution in [-0.4, -0.2) is 74.2 Å². The van der Waals surface area contributed by atoms with Gasteiger partial charge in [-0.25, -0.2) is 8.42 Å². The van der Waals surface area contributed by atoms with E-state index in [0.29, 0.717) is 11.4 Å². The fraction of sp³-hybridized carbons (Fsp3) is 0.500. The molecule has 1 amide bonds. The molecule has 2 aromatic rings. The molecule has 1 atom stereocenters. The van der Waals surface area contributed by atoms with Gasteiger partial charge in [0.25, 0.3) is 0 Å². The first kappa shape index (κ1) is 23.9. The SMILES string of the molecule is O=C(C1CCCN(S(=O)(=O)c2ccccc2)C1)N1CCCN(CCCc2ccccc2)CC1. The molecule has 2 aliphatic heterocycles. The van der Waals surface area contributed by atoms with Gasteiger partial charge in [0.05, 0.1) is 10.8 Å². The molecule has 0 bridgehead atoms. The smallest absolute Gasteiger partial charge is 0.243 e. The number of hydrogen-bond donors (Lipinski definition) is 0. The van der Waals surface area contributed by atoms with Crippen LogP contribution in [0.2, 0.25) is 0 Å². The molecular formula is C26H35N3O3S. The highest BCUT2D eigenvalue weighted by molar-refractivity contribution is 7.89. The lowest BCUT2D eigenvalue weighted by molar-refractivity contribution is -0.136. The number of amides is 1. The summed E-state index contributed by atoms with van der Waals surface area (Å²) >= 11 is 0. The van der Waals surface area contributed by atoms with Crippen LogP contribution in [0.3, 0.4) is 0 Å². The Bertz CT molecular complexity index is 998. The van der Waals surface area contributed by atoms with Crippen LogP contribution in [0.15, 0.2) is 65.6 Å². The van der Waals surface area contributed by atoms with Crippen LogP contribution >= 0.6 is 0 Å². The molecule has 33 heavy (non-hydrogen) atoms. The number of piperidine rings is 1. The Labute approximate surface area is 198 Å². The molecule has 178 valence electrons. The molecule has 0 N–H and O–H groups in total. The van der Waals surface area contributed by atoms with Crippen LogP contribution in [0.1, 0.15) is 31.2 Å². The molecule has 2 aromatic carbocycles. The number of nitrogens with zero attached hydrogens (tertiary/aromatic N) is 3. The lowest BCUT2D eigenvalue weighted by Crippen LogP contribution is -2.47. The zero-order valence-corrected chi connectivity index (χ0v) is 20.1. The van der Waals surface area contributed by atoms with Crippen molar-refractivity contribution in [3.05, 3.63) is 66.2 Å². The van der Waals surface area contributed by atoms with Crippen LogP contribution < -0.4 is 0 Å². The van der Waals surface area contributed by atoms with Crippen molar-refractivity contribution in [3.63, 3.8) is 0 Å². The fourth-order valence-electron chi connectivity index (χ4n) is 4.93. The first-order chi connectivity index (χ1) is 16.0. The first-order valence-corrected chi connectivity index (χ1v) is 13.6. The third-order valence-corrected chi connectivity index (χ3v) is 8.68. The third kappa shape index (κ3) is 6.22. The number of sulfonamides is 1. The minimum absolute atomic E-state index is 0.120. The summed E-state index contributed by atoms with van der Waals surface area (Å²) in [6, 6.07) is 19.1. The minimum atomic E-state index is -3.55. The van der Waals surface area contributed by atoms with E-state index in [9.17, 15) is 13.2 Å². The highest BCUT2D eigenvalue weighted by atomic mass is 32.2. The van der Waals surface area contributed by atoms with Gasteiger partial charge in [-0.1, -0.05) is 48.5 Å². The van der Waals surface area contributed by atoms with Gasteiger partial charge in [0.15, 0.2) is 0 Å². The lowest BCUT2D eigenvalue weighted by atomic mass is 9.98. The van der Waals surface area contributed by atoms with Crippen molar-refractivity contribution in [1.29, 1.82) is 0 Å². The second kappa shape index (κ2) is 11.3. The number of rotatable bonds is 7. The zero-order valence-electron chi connectivity index (χ0n) is 19.3. The summed E-state index contributed by atoms with van der Waals surface area (Å²) in [5.41, 5.74) is 1.37. The van der Waals surface area contributed by atoms with Gasteiger partial charge in [0.2, 0.25) is 15.9 Å². The normalized spacial score (nSPS) is 21.0. The molecule has 0 aromatic heterocycles. The maximum Gasteiger partial charge on any atom is 0.243 e. The predicted molar refractivity (Wildman–Crippen MR) is 130 cm³/mol. The minimum Gasteiger partial charge on any atom is -0.341 e. The van der Waals surface area contributed by atoms with Gasteiger partial charge in [-0.15, -0.1) is 0 Å². The molecule has 4 rings (SSSR count). The molecule has 0 spiro atoms. The number of carbonyl (C=O) groups excluding carboxylic acids is 1. The van der Waals surface area contributed by atoms with Crippen LogP contribution in [0, 0.1) is 5.92 Å². The van der Waals surface area contributed by atoms with E-state index < -0.39 is 10.0 Å². The number of aryl methyl sites for hydroxylation is 1. The maximum atomic E-state index is 13.3. The van der Waals surface area contributed by atoms with Crippen molar-refractivity contribution in [2.45, 2.75) is 37.0 Å². The molecule has 7 heteroatoms. The molecule has 6 nitrogen and oxygen atoms in total. The van der Waals surface area contributed by atoms with Gasteiger partial charge < -0.3 is 9.80 Å². The van der Waals surface area contributed by atoms with Crippen molar-refractivity contribution >= 4 is 15.9 Å². The van der Waals surface area contributed by atoms with E-state index in [1.165, 1.54) is 9.87 Å².